The zero-order valence-electron chi connectivity index (χ0n) is 18.4. The number of hydrogen-bond donors (Lipinski definition) is 1. The van der Waals surface area contributed by atoms with Gasteiger partial charge in [0.2, 0.25) is 0 Å². The zero-order valence-corrected chi connectivity index (χ0v) is 19.2. The molecule has 0 spiro atoms. The number of aliphatic hydroxyl groups excluding tert-OH is 1. The second-order valence-electron chi connectivity index (χ2n) is 7.48. The van der Waals surface area contributed by atoms with Crippen molar-refractivity contribution in [1.82, 2.24) is 0 Å². The highest BCUT2D eigenvalue weighted by Crippen LogP contribution is 2.32. The molecule has 0 heterocycles. The molecular weight excluding hydrogens is 386 g/mol. The first-order valence-electron chi connectivity index (χ1n) is 10.9. The van der Waals surface area contributed by atoms with Crippen LogP contribution in [0.25, 0.3) is 0 Å². The van der Waals surface area contributed by atoms with Crippen molar-refractivity contribution in [2.75, 3.05) is 12.4 Å². The molecule has 2 atom stereocenters. The van der Waals surface area contributed by atoms with Crippen LogP contribution in [0, 0.1) is 5.92 Å². The van der Waals surface area contributed by atoms with Crippen LogP contribution in [0.15, 0.2) is 28.6 Å². The van der Waals surface area contributed by atoms with Crippen molar-refractivity contribution < 1.29 is 19.5 Å². The first kappa shape index (κ1) is 25.5. The number of oxime groups is 1. The number of Topliss-reactive ketones (excluding diaryl/α,β-unsaturated/α-hetero) is 2. The van der Waals surface area contributed by atoms with Crippen LogP contribution in [0.5, 0.6) is 0 Å². The molecule has 0 aromatic carbocycles. The van der Waals surface area contributed by atoms with Crippen molar-refractivity contribution in [2.24, 2.45) is 11.1 Å². The van der Waals surface area contributed by atoms with E-state index >= 15 is 0 Å². The minimum atomic E-state index is 0.00866. The van der Waals surface area contributed by atoms with Gasteiger partial charge in [-0.3, -0.25) is 9.59 Å². The zero-order chi connectivity index (χ0) is 21.6. The lowest BCUT2D eigenvalue weighted by atomic mass is 9.82. The van der Waals surface area contributed by atoms with Crippen LogP contribution < -0.4 is 0 Å². The molecule has 0 aliphatic heterocycles. The molecule has 2 aliphatic carbocycles. The number of hydrogen-bond acceptors (Lipinski definition) is 6. The van der Waals surface area contributed by atoms with Gasteiger partial charge >= 0.3 is 0 Å². The van der Waals surface area contributed by atoms with Crippen LogP contribution in [0.1, 0.15) is 79.1 Å². The molecule has 0 saturated heterocycles. The number of aliphatic hydroxyl groups is 1. The first-order chi connectivity index (χ1) is 13.9. The Bertz CT molecular complexity index is 624. The molecule has 0 saturated carbocycles. The summed E-state index contributed by atoms with van der Waals surface area (Å²) in [6.45, 7) is 8.67. The third-order valence-corrected chi connectivity index (χ3v) is 5.92. The summed E-state index contributed by atoms with van der Waals surface area (Å²) in [5.74, 6) is 1.90. The maximum absolute atomic E-state index is 12.5. The fourth-order valence-corrected chi connectivity index (χ4v) is 4.54. The number of carbonyl (C=O) groups excluding carboxylic acids is 2. The highest BCUT2D eigenvalue weighted by Gasteiger charge is 2.31. The van der Waals surface area contributed by atoms with E-state index in [-0.39, 0.29) is 17.5 Å². The van der Waals surface area contributed by atoms with Gasteiger partial charge in [-0.2, -0.15) is 11.8 Å². The fraction of sp³-hybridized carbons (Fsp3) is 0.696. The Morgan fingerprint density at radius 1 is 1.28 bits per heavy atom. The highest BCUT2D eigenvalue weighted by molar-refractivity contribution is 7.99. The van der Waals surface area contributed by atoms with Crippen LogP contribution in [-0.4, -0.2) is 40.0 Å². The molecule has 2 unspecified atom stereocenters. The maximum Gasteiger partial charge on any atom is 0.168 e. The predicted molar refractivity (Wildman–Crippen MR) is 122 cm³/mol. The van der Waals surface area contributed by atoms with E-state index in [1.165, 1.54) is 0 Å². The Balaban J connectivity index is 0.000000502. The topological polar surface area (TPSA) is 76.0 Å². The molecule has 29 heavy (non-hydrogen) atoms. The van der Waals surface area contributed by atoms with Crippen LogP contribution >= 0.6 is 11.8 Å². The number of nitrogens with zero attached hydrogens (tertiary/aromatic N) is 1. The third kappa shape index (κ3) is 9.66. The van der Waals surface area contributed by atoms with E-state index in [1.807, 2.05) is 31.7 Å². The second-order valence-corrected chi connectivity index (χ2v) is 9.19. The predicted octanol–water partition coefficient (Wildman–Crippen LogP) is 5.80. The molecule has 164 valence electrons. The molecule has 0 bridgehead atoms. The standard InChI is InChI=1S/C17H29NO3S.C6H8O/c1-5-8-14(18-21-6-2)17-15(19)10-13(11-16(17)20)9-12(4)22-7-3;7-6-4-2-1-3-5-6/h12-13,19H,5-11H2,1-4H3;1-2H,3-5H2. The van der Waals surface area contributed by atoms with Gasteiger partial charge < -0.3 is 9.94 Å². The lowest BCUT2D eigenvalue weighted by Crippen LogP contribution is -2.26. The second kappa shape index (κ2) is 14.4. The van der Waals surface area contributed by atoms with E-state index < -0.39 is 0 Å². The Morgan fingerprint density at radius 2 is 2.03 bits per heavy atom. The van der Waals surface area contributed by atoms with Crippen molar-refractivity contribution in [2.45, 2.75) is 84.3 Å². The van der Waals surface area contributed by atoms with Gasteiger partial charge in [-0.05, 0) is 37.9 Å². The summed E-state index contributed by atoms with van der Waals surface area (Å²) in [6, 6.07) is 0. The summed E-state index contributed by atoms with van der Waals surface area (Å²) in [6.07, 6.45) is 9.94. The van der Waals surface area contributed by atoms with Gasteiger partial charge in [-0.15, -0.1) is 0 Å². The molecule has 2 rings (SSSR count). The summed E-state index contributed by atoms with van der Waals surface area (Å²) in [4.78, 5) is 28.0. The number of rotatable bonds is 9. The van der Waals surface area contributed by atoms with E-state index in [9.17, 15) is 14.7 Å². The molecular formula is C23H37NO4S. The number of ketones is 2. The van der Waals surface area contributed by atoms with Gasteiger partial charge in [0.15, 0.2) is 5.78 Å². The van der Waals surface area contributed by atoms with Crippen molar-refractivity contribution in [3.63, 3.8) is 0 Å². The van der Waals surface area contributed by atoms with Crippen LogP contribution in [0.2, 0.25) is 0 Å². The van der Waals surface area contributed by atoms with E-state index in [4.69, 9.17) is 4.84 Å². The molecule has 2 aliphatic rings. The van der Waals surface area contributed by atoms with E-state index in [0.717, 1.165) is 31.4 Å². The van der Waals surface area contributed by atoms with Gasteiger partial charge in [-0.25, -0.2) is 0 Å². The minimum Gasteiger partial charge on any atom is -0.511 e. The quantitative estimate of drug-likeness (QED) is 0.288. The molecule has 6 heteroatoms. The largest absolute Gasteiger partial charge is 0.511 e. The smallest absolute Gasteiger partial charge is 0.168 e. The lowest BCUT2D eigenvalue weighted by Gasteiger charge is -2.25. The monoisotopic (exact) mass is 423 g/mol. The van der Waals surface area contributed by atoms with Crippen molar-refractivity contribution >= 4 is 29.0 Å². The Labute approximate surface area is 180 Å². The van der Waals surface area contributed by atoms with Gasteiger partial charge in [0.05, 0.1) is 11.3 Å². The normalized spacial score (nSPS) is 21.0. The average molecular weight is 424 g/mol. The van der Waals surface area contributed by atoms with E-state index in [2.05, 4.69) is 25.1 Å². The van der Waals surface area contributed by atoms with E-state index in [1.54, 1.807) is 0 Å². The lowest BCUT2D eigenvalue weighted by molar-refractivity contribution is -0.118. The van der Waals surface area contributed by atoms with Crippen LogP contribution in [-0.2, 0) is 14.4 Å². The Kier molecular flexibility index (Phi) is 12.7. The first-order valence-corrected chi connectivity index (χ1v) is 11.9. The van der Waals surface area contributed by atoms with Gasteiger partial charge in [0, 0.05) is 30.9 Å². The number of carbonyl (C=O) groups is 2. The third-order valence-electron chi connectivity index (χ3n) is 4.82. The molecule has 0 radical (unpaired) electrons. The average Bonchev–Trinajstić information content (AvgIpc) is 2.67. The summed E-state index contributed by atoms with van der Waals surface area (Å²) in [5.41, 5.74) is 1.00. The van der Waals surface area contributed by atoms with Crippen molar-refractivity contribution in [1.29, 1.82) is 0 Å². The number of allylic oxidation sites excluding steroid dienone is 4. The van der Waals surface area contributed by atoms with Gasteiger partial charge in [0.25, 0.3) is 0 Å². The molecule has 0 aromatic rings. The molecule has 1 N–H and O–H groups in total. The molecule has 0 amide bonds. The van der Waals surface area contributed by atoms with Crippen LogP contribution in [0.3, 0.4) is 0 Å². The van der Waals surface area contributed by atoms with Crippen molar-refractivity contribution in [3.8, 4) is 0 Å². The molecule has 0 aromatic heterocycles. The molecule has 0 fully saturated rings. The maximum atomic E-state index is 12.5. The fourth-order valence-electron chi connectivity index (χ4n) is 3.56. The minimum absolute atomic E-state index is 0.00866. The molecule has 5 nitrogen and oxygen atoms in total. The summed E-state index contributed by atoms with van der Waals surface area (Å²) >= 11 is 1.90. The Morgan fingerprint density at radius 3 is 2.52 bits per heavy atom. The number of thioether (sulfide) groups is 1. The highest BCUT2D eigenvalue weighted by atomic mass is 32.2. The van der Waals surface area contributed by atoms with Gasteiger partial charge in [-0.1, -0.05) is 44.5 Å². The summed E-state index contributed by atoms with van der Waals surface area (Å²) in [5, 5.41) is 14.9. The summed E-state index contributed by atoms with van der Waals surface area (Å²) in [7, 11) is 0. The SMILES string of the molecule is CCCC(=NOCC)C1=C(O)CC(CC(C)SCC)CC1=O.O=C1CC=CCC1. The van der Waals surface area contributed by atoms with Gasteiger partial charge in [0.1, 0.15) is 18.1 Å². The summed E-state index contributed by atoms with van der Waals surface area (Å²) < 4.78 is 0. The van der Waals surface area contributed by atoms with Crippen LogP contribution in [0.4, 0.5) is 0 Å². The Hall–Kier alpha value is -1.56. The van der Waals surface area contributed by atoms with E-state index in [0.29, 0.717) is 54.6 Å². The van der Waals surface area contributed by atoms with Crippen molar-refractivity contribution in [3.05, 3.63) is 23.5 Å².